The van der Waals surface area contributed by atoms with Gasteiger partial charge >= 0.3 is 0 Å². The molecule has 0 spiro atoms. The Bertz CT molecular complexity index is 4540. The number of rotatable bonds is 9. The molecule has 0 fully saturated rings. The van der Waals surface area contributed by atoms with Crippen LogP contribution in [0.2, 0.25) is 0 Å². The van der Waals surface area contributed by atoms with Gasteiger partial charge in [-0.05, 0) is 148 Å². The summed E-state index contributed by atoms with van der Waals surface area (Å²) in [6.07, 6.45) is 0. The molecule has 14 aromatic rings. The van der Waals surface area contributed by atoms with E-state index in [0.29, 0.717) is 0 Å². The third kappa shape index (κ3) is 6.99. The molecule has 2 heterocycles. The summed E-state index contributed by atoms with van der Waals surface area (Å²) in [6.45, 7) is 4.85. The minimum Gasteiger partial charge on any atom is -0.310 e. The quantitative estimate of drug-likeness (QED) is 0.143. The van der Waals surface area contributed by atoms with E-state index in [2.05, 4.69) is 312 Å². The Morgan fingerprint density at radius 2 is 0.714 bits per heavy atom. The molecule has 0 bridgehead atoms. The van der Waals surface area contributed by atoms with E-state index in [9.17, 15) is 0 Å². The van der Waals surface area contributed by atoms with Crippen LogP contribution in [0.3, 0.4) is 0 Å². The number of aromatic nitrogens is 2. The third-order valence-electron chi connectivity index (χ3n) is 16.2. The van der Waals surface area contributed by atoms with E-state index in [-0.39, 0.29) is 5.41 Å². The molecule has 0 saturated heterocycles. The lowest BCUT2D eigenvalue weighted by atomic mass is 9.81. The van der Waals surface area contributed by atoms with Gasteiger partial charge in [0.05, 0.1) is 22.1 Å². The standard InChI is InChI=1S/C73H52N4/c1-73(2)67-47-55(40-41-59(67)62-42-43-64-60-35-20-22-38-68(60)77(72(64)70(62)73)54-32-16-7-17-33-54)75(52-28-12-5-13-29-52)57-45-49(44-56(46-57)74(50-24-8-3-9-25-50)51-26-10-4-11-27-51)65-48-66-61-36-21-23-39-69(61)76(53-30-14-6-15-31-53)71(66)63-37-19-18-34-58(63)65/h3-48H,1-2H3. The van der Waals surface area contributed by atoms with Gasteiger partial charge < -0.3 is 18.9 Å². The number of benzene rings is 12. The van der Waals surface area contributed by atoms with Gasteiger partial charge in [0.1, 0.15) is 0 Å². The van der Waals surface area contributed by atoms with Crippen LogP contribution in [0, 0.1) is 0 Å². The predicted molar refractivity (Wildman–Crippen MR) is 325 cm³/mol. The first kappa shape index (κ1) is 44.6. The average Bonchev–Trinajstić information content (AvgIpc) is 4.22. The lowest BCUT2D eigenvalue weighted by Gasteiger charge is -2.31. The first-order valence-corrected chi connectivity index (χ1v) is 26.7. The van der Waals surface area contributed by atoms with Gasteiger partial charge in [0.25, 0.3) is 0 Å². The minimum absolute atomic E-state index is 0.346. The monoisotopic (exact) mass is 984 g/mol. The fraction of sp³-hybridized carbons (Fsp3) is 0.0411. The fourth-order valence-corrected chi connectivity index (χ4v) is 12.9. The van der Waals surface area contributed by atoms with E-state index in [0.717, 1.165) is 45.4 Å². The van der Waals surface area contributed by atoms with Gasteiger partial charge in [0.2, 0.25) is 0 Å². The first-order chi connectivity index (χ1) is 38.0. The summed E-state index contributed by atoms with van der Waals surface area (Å²) in [5.41, 5.74) is 20.8. The summed E-state index contributed by atoms with van der Waals surface area (Å²) in [5.74, 6) is 0. The van der Waals surface area contributed by atoms with Crippen LogP contribution in [0.1, 0.15) is 25.0 Å². The second-order valence-corrected chi connectivity index (χ2v) is 20.9. The normalized spacial score (nSPS) is 12.6. The third-order valence-corrected chi connectivity index (χ3v) is 16.2. The molecule has 4 heteroatoms. The molecule has 4 nitrogen and oxygen atoms in total. The number of hydrogen-bond donors (Lipinski definition) is 0. The summed E-state index contributed by atoms with van der Waals surface area (Å²) < 4.78 is 4.94. The molecule has 0 amide bonds. The zero-order valence-electron chi connectivity index (χ0n) is 42.8. The maximum atomic E-state index is 2.49. The van der Waals surface area contributed by atoms with Crippen LogP contribution in [-0.2, 0) is 5.41 Å². The summed E-state index contributed by atoms with van der Waals surface area (Å²) >= 11 is 0. The van der Waals surface area contributed by atoms with Crippen molar-refractivity contribution in [1.29, 1.82) is 0 Å². The number of hydrogen-bond acceptors (Lipinski definition) is 2. The Kier molecular flexibility index (Phi) is 10.2. The van der Waals surface area contributed by atoms with E-state index < -0.39 is 0 Å². The highest BCUT2D eigenvalue weighted by molar-refractivity contribution is 6.22. The maximum Gasteiger partial charge on any atom is 0.0619 e. The zero-order chi connectivity index (χ0) is 51.2. The van der Waals surface area contributed by atoms with Crippen molar-refractivity contribution in [2.75, 3.05) is 9.80 Å². The molecule has 77 heavy (non-hydrogen) atoms. The fourth-order valence-electron chi connectivity index (χ4n) is 12.9. The molecule has 12 aromatic carbocycles. The molecule has 0 unspecified atom stereocenters. The molecule has 2 aromatic heterocycles. The molecule has 0 saturated carbocycles. The maximum absolute atomic E-state index is 2.49. The SMILES string of the molecule is CC1(C)c2cc(N(c3ccccc3)c3cc(-c4cc5c6ccccc6n(-c6ccccc6)c5c5ccccc45)cc(N(c4ccccc4)c4ccccc4)c3)ccc2-c2ccc3c4ccccc4n(-c4ccccc4)c3c21. The summed E-state index contributed by atoms with van der Waals surface area (Å²) in [6, 6.07) is 102. The van der Waals surface area contributed by atoms with Crippen molar-refractivity contribution >= 4 is 88.5 Å². The number of para-hydroxylation sites is 7. The second kappa shape index (κ2) is 17.6. The minimum atomic E-state index is -0.346. The van der Waals surface area contributed by atoms with Crippen LogP contribution >= 0.6 is 0 Å². The van der Waals surface area contributed by atoms with E-state index in [1.807, 2.05) is 0 Å². The first-order valence-electron chi connectivity index (χ1n) is 26.7. The van der Waals surface area contributed by atoms with E-state index in [1.54, 1.807) is 0 Å². The van der Waals surface area contributed by atoms with Crippen molar-refractivity contribution in [3.8, 4) is 33.6 Å². The topological polar surface area (TPSA) is 16.3 Å². The Morgan fingerprint density at radius 3 is 1.27 bits per heavy atom. The molecule has 0 radical (unpaired) electrons. The molecule has 0 atom stereocenters. The van der Waals surface area contributed by atoms with Crippen molar-refractivity contribution in [1.82, 2.24) is 9.13 Å². The average molecular weight is 985 g/mol. The van der Waals surface area contributed by atoms with E-state index in [4.69, 9.17) is 0 Å². The van der Waals surface area contributed by atoms with Gasteiger partial charge in [0, 0.05) is 77.8 Å². The molecular formula is C73H52N4. The number of nitrogens with zero attached hydrogens (tertiary/aromatic N) is 4. The molecule has 1 aliphatic rings. The Labute approximate surface area is 448 Å². The van der Waals surface area contributed by atoms with Gasteiger partial charge in [-0.15, -0.1) is 0 Å². The Balaban J connectivity index is 0.988. The highest BCUT2D eigenvalue weighted by Crippen LogP contribution is 2.55. The van der Waals surface area contributed by atoms with Crippen molar-refractivity contribution in [2.45, 2.75) is 19.3 Å². The highest BCUT2D eigenvalue weighted by Gasteiger charge is 2.39. The van der Waals surface area contributed by atoms with E-state index in [1.165, 1.54) is 87.9 Å². The number of anilines is 6. The van der Waals surface area contributed by atoms with E-state index >= 15 is 0 Å². The molecular weight excluding hydrogens is 933 g/mol. The van der Waals surface area contributed by atoms with Gasteiger partial charge in [-0.2, -0.15) is 0 Å². The van der Waals surface area contributed by atoms with Crippen molar-refractivity contribution in [2.24, 2.45) is 0 Å². The molecule has 0 aliphatic heterocycles. The Hall–Kier alpha value is -9.90. The lowest BCUT2D eigenvalue weighted by molar-refractivity contribution is 0.664. The van der Waals surface area contributed by atoms with Crippen LogP contribution in [0.4, 0.5) is 34.1 Å². The molecule has 1 aliphatic carbocycles. The van der Waals surface area contributed by atoms with Gasteiger partial charge in [0.15, 0.2) is 0 Å². The molecule has 15 rings (SSSR count). The largest absolute Gasteiger partial charge is 0.310 e. The molecule has 0 N–H and O–H groups in total. The lowest BCUT2D eigenvalue weighted by Crippen LogP contribution is -2.18. The molecule has 364 valence electrons. The number of fused-ring (bicyclic) bond motifs is 12. The van der Waals surface area contributed by atoms with Crippen LogP contribution in [0.15, 0.2) is 279 Å². The van der Waals surface area contributed by atoms with Crippen molar-refractivity contribution in [3.63, 3.8) is 0 Å². The van der Waals surface area contributed by atoms with Crippen LogP contribution in [0.5, 0.6) is 0 Å². The predicted octanol–water partition coefficient (Wildman–Crippen LogP) is 19.9. The van der Waals surface area contributed by atoms with Gasteiger partial charge in [-0.3, -0.25) is 0 Å². The smallest absolute Gasteiger partial charge is 0.0619 e. The van der Waals surface area contributed by atoms with Gasteiger partial charge in [-0.25, -0.2) is 0 Å². The van der Waals surface area contributed by atoms with Crippen LogP contribution in [0.25, 0.3) is 88.0 Å². The summed E-state index contributed by atoms with van der Waals surface area (Å²) in [5, 5.41) is 7.37. The zero-order valence-corrected chi connectivity index (χ0v) is 42.8. The van der Waals surface area contributed by atoms with Crippen molar-refractivity contribution in [3.05, 3.63) is 290 Å². The Morgan fingerprint density at radius 1 is 0.286 bits per heavy atom. The summed E-state index contributed by atoms with van der Waals surface area (Å²) in [7, 11) is 0. The van der Waals surface area contributed by atoms with Gasteiger partial charge in [-0.1, -0.05) is 184 Å². The van der Waals surface area contributed by atoms with Crippen LogP contribution in [-0.4, -0.2) is 9.13 Å². The second-order valence-electron chi connectivity index (χ2n) is 20.9. The van der Waals surface area contributed by atoms with Crippen molar-refractivity contribution < 1.29 is 0 Å². The summed E-state index contributed by atoms with van der Waals surface area (Å²) in [4.78, 5) is 4.87. The highest BCUT2D eigenvalue weighted by atomic mass is 15.2. The van der Waals surface area contributed by atoms with Crippen LogP contribution < -0.4 is 9.80 Å².